The zero-order valence-corrected chi connectivity index (χ0v) is 24.8. The topological polar surface area (TPSA) is 154 Å². The van der Waals surface area contributed by atoms with Gasteiger partial charge in [-0.1, -0.05) is 26.0 Å². The van der Waals surface area contributed by atoms with Gasteiger partial charge in [0.15, 0.2) is 11.4 Å². The Morgan fingerprint density at radius 1 is 1.07 bits per heavy atom. The van der Waals surface area contributed by atoms with Crippen LogP contribution in [0.1, 0.15) is 62.3 Å². The first kappa shape index (κ1) is 28.0. The van der Waals surface area contributed by atoms with E-state index in [1.807, 2.05) is 57.2 Å². The Labute approximate surface area is 248 Å². The van der Waals surface area contributed by atoms with Gasteiger partial charge in [0.2, 0.25) is 5.82 Å². The molecule has 1 unspecified atom stereocenters. The Balaban J connectivity index is 1.47. The van der Waals surface area contributed by atoms with E-state index in [1.165, 1.54) is 4.80 Å². The molecule has 0 spiro atoms. The smallest absolute Gasteiger partial charge is 0.208 e. The third kappa shape index (κ3) is 5.44. The second kappa shape index (κ2) is 11.7. The number of anilines is 4. The quantitative estimate of drug-likeness (QED) is 0.239. The maximum atomic E-state index is 9.73. The summed E-state index contributed by atoms with van der Waals surface area (Å²) < 4.78 is 14.0. The molecule has 5 heterocycles. The number of pyridine rings is 2. The number of fused-ring (bicyclic) bond motifs is 1. The minimum Gasteiger partial charge on any atom is -0.494 e. The number of benzene rings is 1. The molecule has 13 heteroatoms. The molecule has 0 radical (unpaired) electrons. The van der Waals surface area contributed by atoms with Crippen LogP contribution in [0.2, 0.25) is 0 Å². The van der Waals surface area contributed by atoms with Crippen LogP contribution in [0.4, 0.5) is 23.0 Å². The summed E-state index contributed by atoms with van der Waals surface area (Å²) in [6.07, 6.45) is 2.81. The number of hydrogen-bond donors (Lipinski definition) is 2. The molecule has 220 valence electrons. The van der Waals surface area contributed by atoms with Crippen molar-refractivity contribution < 1.29 is 9.47 Å². The fraction of sp³-hybridized carbons (Fsp3) is 0.367. The molecule has 1 aliphatic rings. The van der Waals surface area contributed by atoms with E-state index in [-0.39, 0.29) is 12.1 Å². The lowest BCUT2D eigenvalue weighted by Crippen LogP contribution is -2.19. The van der Waals surface area contributed by atoms with E-state index >= 15 is 0 Å². The predicted molar refractivity (Wildman–Crippen MR) is 161 cm³/mol. The van der Waals surface area contributed by atoms with Crippen LogP contribution in [0.5, 0.6) is 5.75 Å². The molecule has 1 fully saturated rings. The summed E-state index contributed by atoms with van der Waals surface area (Å²) in [5.74, 6) is 3.04. The van der Waals surface area contributed by atoms with Crippen molar-refractivity contribution in [1.82, 2.24) is 39.7 Å². The minimum absolute atomic E-state index is 0.163. The van der Waals surface area contributed by atoms with Gasteiger partial charge in [-0.05, 0) is 61.1 Å². The third-order valence-corrected chi connectivity index (χ3v) is 7.42. The van der Waals surface area contributed by atoms with Crippen LogP contribution in [0.3, 0.4) is 0 Å². The van der Waals surface area contributed by atoms with Crippen molar-refractivity contribution >= 4 is 34.2 Å². The first-order valence-electron chi connectivity index (χ1n) is 14.2. The van der Waals surface area contributed by atoms with Crippen molar-refractivity contribution in [2.45, 2.75) is 52.2 Å². The molecule has 13 nitrogen and oxygen atoms in total. The average Bonchev–Trinajstić information content (AvgIpc) is 3.59. The Morgan fingerprint density at radius 3 is 2.63 bits per heavy atom. The normalized spacial score (nSPS) is 15.0. The van der Waals surface area contributed by atoms with Gasteiger partial charge in [-0.15, -0.1) is 10.2 Å². The lowest BCUT2D eigenvalue weighted by Gasteiger charge is -2.25. The molecule has 0 amide bonds. The van der Waals surface area contributed by atoms with E-state index in [0.29, 0.717) is 63.6 Å². The number of aryl methyl sites for hydroxylation is 2. The van der Waals surface area contributed by atoms with E-state index in [1.54, 1.807) is 14.2 Å². The first-order valence-corrected chi connectivity index (χ1v) is 14.2. The van der Waals surface area contributed by atoms with Gasteiger partial charge >= 0.3 is 0 Å². The molecule has 1 saturated heterocycles. The second-order valence-electron chi connectivity index (χ2n) is 10.7. The molecule has 4 aromatic heterocycles. The molecule has 1 aromatic carbocycles. The number of rotatable bonds is 8. The number of hydrogen-bond acceptors (Lipinski definition) is 11. The van der Waals surface area contributed by atoms with Crippen molar-refractivity contribution in [2.75, 3.05) is 24.4 Å². The standard InChI is InChI=1S/C30H33N11O2/c1-17(2)19-12-13-24(34-23(19)16-31)35-25-15-22(27-30(36-25)41(18(3)32-27)26-11-6-7-14-43-26)33-21-10-8-9-20(28(21)42-5)29-37-39-40(4)38-29/h8-10,12-13,15,17,26H,6-7,11,14H2,1-5H3,(H2,33,34,35,36). The van der Waals surface area contributed by atoms with E-state index in [2.05, 4.69) is 41.7 Å². The van der Waals surface area contributed by atoms with Gasteiger partial charge < -0.3 is 20.1 Å². The van der Waals surface area contributed by atoms with E-state index < -0.39 is 0 Å². The monoisotopic (exact) mass is 579 g/mol. The summed E-state index contributed by atoms with van der Waals surface area (Å²) in [7, 11) is 3.32. The zero-order chi connectivity index (χ0) is 30.1. The molecular formula is C30H33N11O2. The highest BCUT2D eigenvalue weighted by atomic mass is 16.5. The zero-order valence-electron chi connectivity index (χ0n) is 24.8. The summed E-state index contributed by atoms with van der Waals surface area (Å²) in [5, 5.41) is 29.1. The number of aromatic nitrogens is 8. The Bertz CT molecular complexity index is 1830. The highest BCUT2D eigenvalue weighted by molar-refractivity contribution is 5.92. The molecule has 1 aliphatic heterocycles. The maximum absolute atomic E-state index is 9.73. The summed E-state index contributed by atoms with van der Waals surface area (Å²) in [6, 6.07) is 13.6. The van der Waals surface area contributed by atoms with Crippen LogP contribution in [-0.2, 0) is 11.8 Å². The molecular weight excluding hydrogens is 546 g/mol. The van der Waals surface area contributed by atoms with Crippen molar-refractivity contribution in [3.05, 3.63) is 53.5 Å². The number of imidazole rings is 1. The molecule has 2 N–H and O–H groups in total. The van der Waals surface area contributed by atoms with Gasteiger partial charge in [0.05, 0.1) is 31.1 Å². The third-order valence-electron chi connectivity index (χ3n) is 7.42. The highest BCUT2D eigenvalue weighted by Crippen LogP contribution is 2.39. The second-order valence-corrected chi connectivity index (χ2v) is 10.7. The SMILES string of the molecule is COc1c(Nc2cc(Nc3ccc(C(C)C)c(C#N)n3)nc3c2nc(C)n3C2CCCCO2)cccc1-c1nnn(C)n1. The predicted octanol–water partition coefficient (Wildman–Crippen LogP) is 5.52. The van der Waals surface area contributed by atoms with Crippen LogP contribution >= 0.6 is 0 Å². The summed E-state index contributed by atoms with van der Waals surface area (Å²) in [6.45, 7) is 6.73. The van der Waals surface area contributed by atoms with Crippen LogP contribution in [0, 0.1) is 18.3 Å². The minimum atomic E-state index is -0.163. The Morgan fingerprint density at radius 2 is 1.93 bits per heavy atom. The Hall–Kier alpha value is -5.09. The number of nitrogens with one attached hydrogen (secondary N) is 2. The van der Waals surface area contributed by atoms with E-state index in [4.69, 9.17) is 19.4 Å². The lowest BCUT2D eigenvalue weighted by molar-refractivity contribution is -0.0308. The van der Waals surface area contributed by atoms with Gasteiger partial charge in [-0.2, -0.15) is 10.1 Å². The number of methoxy groups -OCH3 is 1. The average molecular weight is 580 g/mol. The molecule has 0 aliphatic carbocycles. The fourth-order valence-corrected chi connectivity index (χ4v) is 5.40. The van der Waals surface area contributed by atoms with Crippen LogP contribution in [0.15, 0.2) is 36.4 Å². The molecule has 0 bridgehead atoms. The largest absolute Gasteiger partial charge is 0.494 e. The Kier molecular flexibility index (Phi) is 7.60. The van der Waals surface area contributed by atoms with Crippen molar-refractivity contribution in [3.63, 3.8) is 0 Å². The molecule has 1 atom stereocenters. The maximum Gasteiger partial charge on any atom is 0.208 e. The summed E-state index contributed by atoms with van der Waals surface area (Å²) in [5.41, 5.74) is 4.72. The summed E-state index contributed by atoms with van der Waals surface area (Å²) >= 11 is 0. The number of nitrogens with zero attached hydrogens (tertiary/aromatic N) is 9. The molecule has 0 saturated carbocycles. The fourth-order valence-electron chi connectivity index (χ4n) is 5.40. The molecule has 6 rings (SSSR count). The van der Waals surface area contributed by atoms with Crippen molar-refractivity contribution in [2.24, 2.45) is 7.05 Å². The van der Waals surface area contributed by atoms with Crippen LogP contribution < -0.4 is 15.4 Å². The number of tetrazole rings is 1. The van der Waals surface area contributed by atoms with Crippen LogP contribution in [-0.4, -0.2) is 53.4 Å². The number of para-hydroxylation sites is 1. The van der Waals surface area contributed by atoms with Crippen molar-refractivity contribution in [3.8, 4) is 23.2 Å². The van der Waals surface area contributed by atoms with E-state index in [0.717, 1.165) is 30.7 Å². The lowest BCUT2D eigenvalue weighted by atomic mass is 10.0. The van der Waals surface area contributed by atoms with Gasteiger partial charge in [0.25, 0.3) is 0 Å². The first-order chi connectivity index (χ1) is 20.9. The van der Waals surface area contributed by atoms with Gasteiger partial charge in [0, 0.05) is 12.7 Å². The summed E-state index contributed by atoms with van der Waals surface area (Å²) in [4.78, 5) is 15.9. The van der Waals surface area contributed by atoms with Gasteiger partial charge in [0.1, 0.15) is 41.0 Å². The van der Waals surface area contributed by atoms with Crippen LogP contribution in [0.25, 0.3) is 22.6 Å². The van der Waals surface area contributed by atoms with Crippen molar-refractivity contribution in [1.29, 1.82) is 5.26 Å². The highest BCUT2D eigenvalue weighted by Gasteiger charge is 2.24. The van der Waals surface area contributed by atoms with E-state index in [9.17, 15) is 5.26 Å². The van der Waals surface area contributed by atoms with Gasteiger partial charge in [-0.3, -0.25) is 4.57 Å². The molecule has 43 heavy (non-hydrogen) atoms. The number of ether oxygens (including phenoxy) is 2. The van der Waals surface area contributed by atoms with Gasteiger partial charge in [-0.25, -0.2) is 15.0 Å². The molecule has 5 aromatic rings. The number of nitriles is 1.